The van der Waals surface area contributed by atoms with Crippen molar-refractivity contribution in [2.45, 2.75) is 121 Å². The number of Topliss-reactive ketones (excluding diaryl/α,β-unsaturated/α-hetero) is 1. The van der Waals surface area contributed by atoms with Crippen molar-refractivity contribution < 1.29 is 68.1 Å². The molecule has 64 heavy (non-hydrogen) atoms. The average molecular weight is 884 g/mol. The van der Waals surface area contributed by atoms with Gasteiger partial charge in [0.1, 0.15) is 36.1 Å². The molecule has 1 aliphatic heterocycles. The summed E-state index contributed by atoms with van der Waals surface area (Å²) in [4.78, 5) is 70.0. The molecule has 2 bridgehead atoms. The van der Waals surface area contributed by atoms with Gasteiger partial charge in [-0.2, -0.15) is 0 Å². The lowest BCUT2D eigenvalue weighted by Crippen LogP contribution is -2.79. The summed E-state index contributed by atoms with van der Waals surface area (Å²) in [5.41, 5.74) is -4.28. The summed E-state index contributed by atoms with van der Waals surface area (Å²) in [6.45, 7) is 9.23. The summed E-state index contributed by atoms with van der Waals surface area (Å²) in [5, 5.41) is 51.9. The van der Waals surface area contributed by atoms with Gasteiger partial charge in [-0.3, -0.25) is 14.4 Å². The molecule has 3 aliphatic carbocycles. The Hall–Kier alpha value is -5.29. The number of esters is 3. The van der Waals surface area contributed by atoms with Crippen molar-refractivity contribution in [3.05, 3.63) is 119 Å². The van der Waals surface area contributed by atoms with E-state index in [4.69, 9.17) is 23.7 Å². The molecule has 3 fully saturated rings. The third-order valence-electron chi connectivity index (χ3n) is 13.7. The molecule has 15 nitrogen and oxygen atoms in total. The van der Waals surface area contributed by atoms with E-state index in [1.165, 1.54) is 19.1 Å². The minimum atomic E-state index is -2.34. The van der Waals surface area contributed by atoms with E-state index < -0.39 is 113 Å². The predicted molar refractivity (Wildman–Crippen MR) is 228 cm³/mol. The monoisotopic (exact) mass is 883 g/mol. The Kier molecular flexibility index (Phi) is 13.4. The molecule has 2 saturated carbocycles. The van der Waals surface area contributed by atoms with E-state index in [0.29, 0.717) is 5.56 Å². The zero-order chi connectivity index (χ0) is 46.3. The number of amides is 1. The minimum Gasteiger partial charge on any atom is -0.456 e. The number of ether oxygens (including phenoxy) is 5. The maximum atomic E-state index is 14.8. The van der Waals surface area contributed by atoms with Gasteiger partial charge < -0.3 is 49.4 Å². The highest BCUT2D eigenvalue weighted by atomic mass is 16.6. The molecule has 1 heterocycles. The van der Waals surface area contributed by atoms with Crippen LogP contribution < -0.4 is 5.32 Å². The highest BCUT2D eigenvalue weighted by Crippen LogP contribution is 2.61. The van der Waals surface area contributed by atoms with Crippen LogP contribution in [0.15, 0.2) is 102 Å². The second-order valence-electron chi connectivity index (χ2n) is 18.3. The second-order valence-corrected chi connectivity index (χ2v) is 18.3. The molecule has 1 saturated heterocycles. The number of fused-ring (bicyclic) bond motifs is 5. The van der Waals surface area contributed by atoms with Crippen LogP contribution in [0.4, 0.5) is 0 Å². The number of ketones is 1. The Bertz CT molecular complexity index is 2250. The molecule has 4 aliphatic rings. The number of rotatable bonds is 13. The molecule has 342 valence electrons. The lowest BCUT2D eigenvalue weighted by Gasteiger charge is -2.64. The first-order valence-corrected chi connectivity index (χ1v) is 21.6. The molecule has 0 aromatic heterocycles. The molecule has 0 spiro atoms. The molecule has 15 heteroatoms. The zero-order valence-electron chi connectivity index (χ0n) is 36.7. The first-order valence-electron chi connectivity index (χ1n) is 21.6. The van der Waals surface area contributed by atoms with Crippen LogP contribution in [0.5, 0.6) is 0 Å². The summed E-state index contributed by atoms with van der Waals surface area (Å²) in [6, 6.07) is 24.1. The minimum absolute atomic E-state index is 0.0540. The van der Waals surface area contributed by atoms with E-state index in [1.54, 1.807) is 76.2 Å². The van der Waals surface area contributed by atoms with Crippen LogP contribution in [0.3, 0.4) is 0 Å². The van der Waals surface area contributed by atoms with Crippen molar-refractivity contribution in [3.63, 3.8) is 0 Å². The van der Waals surface area contributed by atoms with Crippen LogP contribution in [0.25, 0.3) is 0 Å². The normalized spacial score (nSPS) is 30.8. The van der Waals surface area contributed by atoms with Gasteiger partial charge in [0.2, 0.25) is 5.91 Å². The van der Waals surface area contributed by atoms with E-state index in [0.717, 1.165) is 12.5 Å². The molecular weight excluding hydrogens is 827 g/mol. The summed E-state index contributed by atoms with van der Waals surface area (Å²) < 4.78 is 30.2. The van der Waals surface area contributed by atoms with Crippen molar-refractivity contribution >= 4 is 29.6 Å². The van der Waals surface area contributed by atoms with Gasteiger partial charge in [-0.25, -0.2) is 9.59 Å². The van der Waals surface area contributed by atoms with E-state index in [9.17, 15) is 44.4 Å². The fourth-order valence-corrected chi connectivity index (χ4v) is 10.3. The largest absolute Gasteiger partial charge is 0.456 e. The first-order chi connectivity index (χ1) is 30.3. The number of nitrogens with one attached hydrogen (secondary N) is 1. The third kappa shape index (κ3) is 8.40. The molecule has 2 unspecified atom stereocenters. The second kappa shape index (κ2) is 18.3. The Balaban J connectivity index is 1.27. The summed E-state index contributed by atoms with van der Waals surface area (Å²) in [6.07, 6.45) is -11.4. The SMILES string of the molecule is CC(=O)O[C@@]12CO[C@@H]1C[C@H](O)C1C(=O)[C@H](O)C3=C(C)[C@@H](OC(=O)[C@H](O)[C@@H](NC(=O)[C@@H](OCc4ccccc4)C(C)C)c4ccccc4)C[C@@](O)([C@@H](OC(=O)c4ccccc4)C12)C3(C)C. The number of aliphatic hydroxyl groups excluding tert-OH is 3. The van der Waals surface area contributed by atoms with Crippen molar-refractivity contribution in [2.75, 3.05) is 6.61 Å². The van der Waals surface area contributed by atoms with E-state index in [-0.39, 0.29) is 42.3 Å². The lowest BCUT2D eigenvalue weighted by atomic mass is 9.49. The summed E-state index contributed by atoms with van der Waals surface area (Å²) in [7, 11) is 0. The van der Waals surface area contributed by atoms with Crippen LogP contribution in [0.1, 0.15) is 81.9 Å². The van der Waals surface area contributed by atoms with Crippen LogP contribution in [-0.2, 0) is 49.5 Å². The van der Waals surface area contributed by atoms with Crippen LogP contribution >= 0.6 is 0 Å². The summed E-state index contributed by atoms with van der Waals surface area (Å²) >= 11 is 0. The van der Waals surface area contributed by atoms with Gasteiger partial charge in [0, 0.05) is 25.2 Å². The molecule has 1 amide bonds. The van der Waals surface area contributed by atoms with E-state index in [1.807, 2.05) is 30.3 Å². The van der Waals surface area contributed by atoms with Gasteiger partial charge in [-0.1, -0.05) is 107 Å². The number of hydrogen-bond donors (Lipinski definition) is 5. The summed E-state index contributed by atoms with van der Waals surface area (Å²) in [5.74, 6) is -7.73. The zero-order valence-corrected chi connectivity index (χ0v) is 36.7. The third-order valence-corrected chi connectivity index (χ3v) is 13.7. The van der Waals surface area contributed by atoms with E-state index >= 15 is 0 Å². The van der Waals surface area contributed by atoms with Gasteiger partial charge in [0.05, 0.1) is 42.8 Å². The number of benzene rings is 3. The van der Waals surface area contributed by atoms with Crippen molar-refractivity contribution in [1.29, 1.82) is 0 Å². The topological polar surface area (TPSA) is 224 Å². The van der Waals surface area contributed by atoms with Gasteiger partial charge >= 0.3 is 17.9 Å². The van der Waals surface area contributed by atoms with E-state index in [2.05, 4.69) is 5.32 Å². The number of aliphatic hydroxyl groups is 4. The quantitative estimate of drug-likeness (QED) is 0.0939. The Morgan fingerprint density at radius 1 is 0.906 bits per heavy atom. The first kappa shape index (κ1) is 46.7. The average Bonchev–Trinajstić information content (AvgIpc) is 3.26. The Morgan fingerprint density at radius 2 is 1.52 bits per heavy atom. The van der Waals surface area contributed by atoms with Gasteiger partial charge in [0.15, 0.2) is 17.5 Å². The van der Waals surface area contributed by atoms with Crippen molar-refractivity contribution in [1.82, 2.24) is 5.32 Å². The number of carbonyl (C=O) groups is 5. The molecule has 7 rings (SSSR count). The maximum Gasteiger partial charge on any atom is 0.338 e. The van der Waals surface area contributed by atoms with Crippen molar-refractivity contribution in [3.8, 4) is 0 Å². The molecule has 0 radical (unpaired) electrons. The fourth-order valence-electron chi connectivity index (χ4n) is 10.3. The lowest BCUT2D eigenvalue weighted by molar-refractivity contribution is -0.332. The van der Waals surface area contributed by atoms with Crippen molar-refractivity contribution in [2.24, 2.45) is 23.2 Å². The van der Waals surface area contributed by atoms with Gasteiger partial charge in [-0.15, -0.1) is 0 Å². The molecule has 3 aromatic carbocycles. The highest BCUT2D eigenvalue weighted by molar-refractivity contribution is 5.92. The Labute approximate surface area is 371 Å². The molecule has 12 atom stereocenters. The van der Waals surface area contributed by atoms with Gasteiger partial charge in [0.25, 0.3) is 0 Å². The van der Waals surface area contributed by atoms with Gasteiger partial charge in [-0.05, 0) is 47.2 Å². The van der Waals surface area contributed by atoms with Crippen LogP contribution in [-0.4, -0.2) is 111 Å². The van der Waals surface area contributed by atoms with Crippen LogP contribution in [0.2, 0.25) is 0 Å². The highest BCUT2D eigenvalue weighted by Gasteiger charge is 2.74. The Morgan fingerprint density at radius 3 is 2.09 bits per heavy atom. The molecular formula is C49H57NO14. The van der Waals surface area contributed by atoms with Crippen LogP contribution in [0, 0.1) is 23.2 Å². The molecule has 3 aromatic rings. The molecule has 5 N–H and O–H groups in total. The predicted octanol–water partition coefficient (Wildman–Crippen LogP) is 3.70. The number of hydrogen-bond acceptors (Lipinski definition) is 14. The smallest absolute Gasteiger partial charge is 0.338 e. The maximum absolute atomic E-state index is 14.8. The standard InChI is InChI=1S/C49H57NO14/c1-26(2)42(60-24-29-16-10-7-11-17-29)44(56)50-38(30-18-12-8-13-19-30)41(55)46(58)62-33-23-49(59)43(63-45(57)31-20-14-9-15-21-31)37-35(39(53)40(54)36(27(33)3)47(49,5)6)32(52)22-34-48(37,25-61-34)64-28(4)51/h7-21,26,32-35,37-38,40-43,52,54-55,59H,22-25H2,1-6H3,(H,50,56)/t32-,33-,34+,35?,37?,38-,40+,41+,42-,43-,48-,49+/m0/s1. The number of carbonyl (C=O) groups excluding carboxylic acids is 5. The fraction of sp³-hybridized carbons (Fsp3) is 0.490.